The molecule has 1 aromatic carbocycles. The van der Waals surface area contributed by atoms with Crippen molar-refractivity contribution in [1.82, 2.24) is 0 Å². The molecule has 74 valence electrons. The largest absolute Gasteiger partial charge is 0.478 e. The third-order valence-corrected chi connectivity index (χ3v) is 2.16. The molecule has 0 unspecified atom stereocenters. The Hall–Kier alpha value is -1.35. The minimum Gasteiger partial charge on any atom is -0.478 e. The van der Waals surface area contributed by atoms with E-state index in [4.69, 9.17) is 16.7 Å². The fourth-order valence-corrected chi connectivity index (χ4v) is 1.44. The molecule has 0 aromatic heterocycles. The average Bonchev–Trinajstić information content (AvgIpc) is 2.16. The van der Waals surface area contributed by atoms with Gasteiger partial charge in [0.2, 0.25) is 0 Å². The fraction of sp³-hybridized carbons (Fsp3) is 0.200. The molecule has 0 saturated carbocycles. The highest BCUT2D eigenvalue weighted by Gasteiger charge is 2.17. The van der Waals surface area contributed by atoms with E-state index in [1.165, 1.54) is 18.2 Å². The first kappa shape index (κ1) is 10.7. The molecule has 0 amide bonds. The van der Waals surface area contributed by atoms with Crippen molar-refractivity contribution in [2.75, 3.05) is 0 Å². The maximum absolute atomic E-state index is 11.4. The molecule has 0 aliphatic heterocycles. The Kier molecular flexibility index (Phi) is 3.25. The monoisotopic (exact) mass is 212 g/mol. The van der Waals surface area contributed by atoms with Crippen molar-refractivity contribution in [3.05, 3.63) is 34.3 Å². The van der Waals surface area contributed by atoms with Crippen molar-refractivity contribution in [2.45, 2.75) is 13.3 Å². The van der Waals surface area contributed by atoms with Gasteiger partial charge in [0.1, 0.15) is 0 Å². The highest BCUT2D eigenvalue weighted by molar-refractivity contribution is 6.34. The Balaban J connectivity index is 3.36. The first-order valence-electron chi connectivity index (χ1n) is 4.13. The van der Waals surface area contributed by atoms with Crippen LogP contribution < -0.4 is 0 Å². The molecule has 1 aromatic rings. The lowest BCUT2D eigenvalue weighted by atomic mass is 10.0. The van der Waals surface area contributed by atoms with Crippen LogP contribution in [0.25, 0.3) is 0 Å². The summed E-state index contributed by atoms with van der Waals surface area (Å²) in [6, 6.07) is 4.40. The minimum absolute atomic E-state index is 0.0376. The number of carboxylic acids is 1. The molecule has 4 heteroatoms. The van der Waals surface area contributed by atoms with Gasteiger partial charge in [0.05, 0.1) is 16.1 Å². The number of halogens is 1. The third-order valence-electron chi connectivity index (χ3n) is 1.84. The lowest BCUT2D eigenvalue weighted by Crippen LogP contribution is -2.08. The summed E-state index contributed by atoms with van der Waals surface area (Å²) in [6.45, 7) is 1.66. The lowest BCUT2D eigenvalue weighted by molar-refractivity contribution is 0.0692. The van der Waals surface area contributed by atoms with E-state index in [9.17, 15) is 9.59 Å². The predicted octanol–water partition coefficient (Wildman–Crippen LogP) is 2.63. The van der Waals surface area contributed by atoms with Crippen molar-refractivity contribution in [2.24, 2.45) is 0 Å². The number of carboxylic acid groups (broad SMARTS) is 1. The number of hydrogen-bond donors (Lipinski definition) is 1. The first-order valence-corrected chi connectivity index (χ1v) is 4.50. The molecule has 0 saturated heterocycles. The molecule has 0 spiro atoms. The predicted molar refractivity (Wildman–Crippen MR) is 53.0 cm³/mol. The van der Waals surface area contributed by atoms with Crippen LogP contribution in [0.2, 0.25) is 5.02 Å². The summed E-state index contributed by atoms with van der Waals surface area (Å²) >= 11 is 5.76. The summed E-state index contributed by atoms with van der Waals surface area (Å²) in [5, 5.41) is 9.02. The normalized spacial score (nSPS) is 9.86. The summed E-state index contributed by atoms with van der Waals surface area (Å²) in [5.41, 5.74) is 0.0634. The smallest absolute Gasteiger partial charge is 0.336 e. The molecular weight excluding hydrogens is 204 g/mol. The molecule has 0 bridgehead atoms. The van der Waals surface area contributed by atoms with Crippen molar-refractivity contribution in [1.29, 1.82) is 0 Å². The van der Waals surface area contributed by atoms with Gasteiger partial charge in [-0.1, -0.05) is 24.6 Å². The van der Waals surface area contributed by atoms with Gasteiger partial charge in [-0.3, -0.25) is 4.79 Å². The molecule has 0 atom stereocenters. The summed E-state index contributed by atoms with van der Waals surface area (Å²) in [7, 11) is 0. The standard InChI is InChI=1S/C10H9ClO3/c1-2-8(12)9-6(10(13)14)4-3-5-7(9)11/h3-5H,2H2,1H3,(H,13,14). The molecule has 0 heterocycles. The molecule has 14 heavy (non-hydrogen) atoms. The fourth-order valence-electron chi connectivity index (χ4n) is 1.16. The van der Waals surface area contributed by atoms with Crippen LogP contribution in [0, 0.1) is 0 Å². The van der Waals surface area contributed by atoms with Gasteiger partial charge in [0.25, 0.3) is 0 Å². The Morgan fingerprint density at radius 3 is 2.57 bits per heavy atom. The van der Waals surface area contributed by atoms with E-state index in [1.54, 1.807) is 6.92 Å². The van der Waals surface area contributed by atoms with Crippen LogP contribution in [0.3, 0.4) is 0 Å². The SMILES string of the molecule is CCC(=O)c1c(Cl)cccc1C(=O)O. The minimum atomic E-state index is -1.13. The van der Waals surface area contributed by atoms with Crippen LogP contribution >= 0.6 is 11.6 Å². The van der Waals surface area contributed by atoms with Crippen LogP contribution in [0.5, 0.6) is 0 Å². The molecule has 3 nitrogen and oxygen atoms in total. The van der Waals surface area contributed by atoms with Gasteiger partial charge in [-0.25, -0.2) is 4.79 Å². The number of benzene rings is 1. The Labute approximate surface area is 86.3 Å². The number of ketones is 1. The van der Waals surface area contributed by atoms with E-state index in [0.29, 0.717) is 0 Å². The van der Waals surface area contributed by atoms with Crippen LogP contribution in [-0.4, -0.2) is 16.9 Å². The number of aromatic carboxylic acids is 1. The number of carbonyl (C=O) groups is 2. The Bertz CT molecular complexity index is 385. The van der Waals surface area contributed by atoms with E-state index in [1.807, 2.05) is 0 Å². The van der Waals surface area contributed by atoms with E-state index in [0.717, 1.165) is 0 Å². The quantitative estimate of drug-likeness (QED) is 0.784. The van der Waals surface area contributed by atoms with E-state index >= 15 is 0 Å². The van der Waals surface area contributed by atoms with Crippen molar-refractivity contribution in [3.63, 3.8) is 0 Å². The molecule has 0 aliphatic rings. The first-order chi connectivity index (χ1) is 6.57. The van der Waals surface area contributed by atoms with Gasteiger partial charge < -0.3 is 5.11 Å². The molecular formula is C10H9ClO3. The summed E-state index contributed by atoms with van der Waals surface area (Å²) in [6.07, 6.45) is 0.240. The Morgan fingerprint density at radius 2 is 2.07 bits per heavy atom. The van der Waals surface area contributed by atoms with Gasteiger partial charge in [-0.05, 0) is 12.1 Å². The highest BCUT2D eigenvalue weighted by Crippen LogP contribution is 2.21. The van der Waals surface area contributed by atoms with E-state index in [2.05, 4.69) is 0 Å². The highest BCUT2D eigenvalue weighted by atomic mass is 35.5. The summed E-state index contributed by atoms with van der Waals surface area (Å²) < 4.78 is 0. The van der Waals surface area contributed by atoms with Crippen LogP contribution in [0.4, 0.5) is 0 Å². The van der Waals surface area contributed by atoms with Crippen LogP contribution in [0.1, 0.15) is 34.1 Å². The van der Waals surface area contributed by atoms with Crippen molar-refractivity contribution in [3.8, 4) is 0 Å². The summed E-state index contributed by atoms with van der Waals surface area (Å²) in [4.78, 5) is 22.2. The summed E-state index contributed by atoms with van der Waals surface area (Å²) in [5.74, 6) is -1.39. The average molecular weight is 213 g/mol. The maximum Gasteiger partial charge on any atom is 0.336 e. The van der Waals surface area contributed by atoms with Gasteiger partial charge in [-0.2, -0.15) is 0 Å². The topological polar surface area (TPSA) is 54.4 Å². The maximum atomic E-state index is 11.4. The molecule has 0 radical (unpaired) electrons. The van der Waals surface area contributed by atoms with Gasteiger partial charge in [-0.15, -0.1) is 0 Å². The zero-order chi connectivity index (χ0) is 10.7. The number of Topliss-reactive ketones (excluding diaryl/α,β-unsaturated/α-hetero) is 1. The molecule has 0 fully saturated rings. The molecule has 1 N–H and O–H groups in total. The molecule has 0 aliphatic carbocycles. The van der Waals surface area contributed by atoms with Gasteiger partial charge in [0.15, 0.2) is 5.78 Å². The van der Waals surface area contributed by atoms with Crippen molar-refractivity contribution < 1.29 is 14.7 Å². The van der Waals surface area contributed by atoms with E-state index in [-0.39, 0.29) is 28.4 Å². The third kappa shape index (κ3) is 1.93. The molecule has 1 rings (SSSR count). The van der Waals surface area contributed by atoms with Crippen LogP contribution in [0.15, 0.2) is 18.2 Å². The second-order valence-electron chi connectivity index (χ2n) is 2.74. The van der Waals surface area contributed by atoms with Crippen LogP contribution in [-0.2, 0) is 0 Å². The number of rotatable bonds is 3. The number of carbonyl (C=O) groups excluding carboxylic acids is 1. The zero-order valence-electron chi connectivity index (χ0n) is 7.58. The van der Waals surface area contributed by atoms with Gasteiger partial charge in [0, 0.05) is 6.42 Å². The van der Waals surface area contributed by atoms with Crippen molar-refractivity contribution >= 4 is 23.4 Å². The zero-order valence-corrected chi connectivity index (χ0v) is 8.34. The van der Waals surface area contributed by atoms with Gasteiger partial charge >= 0.3 is 5.97 Å². The number of hydrogen-bond acceptors (Lipinski definition) is 2. The second kappa shape index (κ2) is 4.24. The second-order valence-corrected chi connectivity index (χ2v) is 3.15. The Morgan fingerprint density at radius 1 is 1.43 bits per heavy atom. The van der Waals surface area contributed by atoms with E-state index < -0.39 is 5.97 Å². The lowest BCUT2D eigenvalue weighted by Gasteiger charge is -2.05.